The number of carbonyl (C=O) groups is 2. The maximum atomic E-state index is 11.6. The molecule has 1 fully saturated rings. The van der Waals surface area contributed by atoms with Gasteiger partial charge in [0.1, 0.15) is 0 Å². The molecule has 0 atom stereocenters. The number of piperazine rings is 1. The summed E-state index contributed by atoms with van der Waals surface area (Å²) in [7, 11) is 2.16. The molecular formula is C27H27N5O2. The van der Waals surface area contributed by atoms with Crippen molar-refractivity contribution in [2.75, 3.05) is 43.4 Å². The van der Waals surface area contributed by atoms with E-state index in [1.807, 2.05) is 40.9 Å². The van der Waals surface area contributed by atoms with Crippen molar-refractivity contribution >= 4 is 29.2 Å². The number of likely N-dealkylation sites (N-methyl/N-ethyl adjacent to an activating group) is 1. The van der Waals surface area contributed by atoms with Crippen LogP contribution < -0.4 is 10.2 Å². The van der Waals surface area contributed by atoms with Crippen molar-refractivity contribution in [2.24, 2.45) is 0 Å². The van der Waals surface area contributed by atoms with Gasteiger partial charge in [-0.2, -0.15) is 0 Å². The number of anilines is 2. The summed E-state index contributed by atoms with van der Waals surface area (Å²) in [6.07, 6.45) is 4.50. The van der Waals surface area contributed by atoms with Gasteiger partial charge in [-0.1, -0.05) is 36.4 Å². The Bertz CT molecular complexity index is 1330. The topological polar surface area (TPSA) is 70.0 Å². The second kappa shape index (κ2) is 9.11. The molecule has 1 aliphatic rings. The van der Waals surface area contributed by atoms with E-state index in [9.17, 15) is 9.59 Å². The highest BCUT2D eigenvalue weighted by Gasteiger charge is 2.16. The van der Waals surface area contributed by atoms with Crippen molar-refractivity contribution in [2.45, 2.75) is 6.92 Å². The van der Waals surface area contributed by atoms with E-state index in [0.717, 1.165) is 48.6 Å². The second-order valence-corrected chi connectivity index (χ2v) is 8.71. The molecule has 7 nitrogen and oxygen atoms in total. The quantitative estimate of drug-likeness (QED) is 0.350. The summed E-state index contributed by atoms with van der Waals surface area (Å²) in [4.78, 5) is 32.3. The lowest BCUT2D eigenvalue weighted by Gasteiger charge is -2.34. The monoisotopic (exact) mass is 453 g/mol. The van der Waals surface area contributed by atoms with Crippen LogP contribution in [0, 0.1) is 0 Å². The third kappa shape index (κ3) is 4.18. The summed E-state index contributed by atoms with van der Waals surface area (Å²) in [5.41, 5.74) is 7.05. The Morgan fingerprint density at radius 2 is 1.62 bits per heavy atom. The molecule has 0 saturated carbocycles. The molecule has 1 saturated heterocycles. The van der Waals surface area contributed by atoms with Gasteiger partial charge in [0.25, 0.3) is 0 Å². The van der Waals surface area contributed by atoms with Crippen molar-refractivity contribution in [1.82, 2.24) is 14.3 Å². The first kappa shape index (κ1) is 21.9. The predicted octanol–water partition coefficient (Wildman–Crippen LogP) is 4.19. The van der Waals surface area contributed by atoms with Gasteiger partial charge in [0, 0.05) is 54.8 Å². The van der Waals surface area contributed by atoms with Crippen molar-refractivity contribution in [3.8, 4) is 22.4 Å². The average Bonchev–Trinajstić information content (AvgIpc) is 3.29. The largest absolute Gasteiger partial charge is 0.369 e. The molecule has 4 aromatic rings. The standard InChI is InChI=1S/C27H27N5O2/c1-19(34)20-3-5-22(6-4-20)26-16-28-27-25(29-18-33)15-23(17-32(26)27)21-7-9-24(10-8-21)31-13-11-30(2)12-14-31/h3-10,15-18H,11-14H2,1-2H3,(H,29,33). The molecule has 1 N–H and O–H groups in total. The van der Waals surface area contributed by atoms with E-state index >= 15 is 0 Å². The third-order valence-electron chi connectivity index (χ3n) is 6.48. The molecule has 0 unspecified atom stereocenters. The van der Waals surface area contributed by atoms with E-state index < -0.39 is 0 Å². The Morgan fingerprint density at radius 1 is 0.941 bits per heavy atom. The Balaban J connectivity index is 1.53. The van der Waals surface area contributed by atoms with Crippen LogP contribution in [0.2, 0.25) is 0 Å². The molecule has 5 rings (SSSR count). The van der Waals surface area contributed by atoms with Gasteiger partial charge >= 0.3 is 0 Å². The van der Waals surface area contributed by atoms with Gasteiger partial charge in [-0.3, -0.25) is 14.0 Å². The highest BCUT2D eigenvalue weighted by Crippen LogP contribution is 2.31. The molecule has 2 aromatic heterocycles. The van der Waals surface area contributed by atoms with Crippen molar-refractivity contribution < 1.29 is 9.59 Å². The number of ketones is 1. The first-order valence-electron chi connectivity index (χ1n) is 11.4. The highest BCUT2D eigenvalue weighted by molar-refractivity contribution is 5.94. The SMILES string of the molecule is CC(=O)c1ccc(-c2cnc3c(NC=O)cc(-c4ccc(N5CCN(C)CC5)cc4)cn23)cc1. The van der Waals surface area contributed by atoms with Crippen molar-refractivity contribution in [3.05, 3.63) is 72.6 Å². The van der Waals surface area contributed by atoms with Crippen LogP contribution in [0.4, 0.5) is 11.4 Å². The molecule has 0 radical (unpaired) electrons. The number of carbonyl (C=O) groups excluding carboxylic acids is 2. The van der Waals surface area contributed by atoms with Crippen LogP contribution in [0.1, 0.15) is 17.3 Å². The number of hydrogen-bond acceptors (Lipinski definition) is 5. The first-order chi connectivity index (χ1) is 16.5. The highest BCUT2D eigenvalue weighted by atomic mass is 16.1. The van der Waals surface area contributed by atoms with E-state index in [-0.39, 0.29) is 5.78 Å². The normalized spacial score (nSPS) is 14.4. The van der Waals surface area contributed by atoms with Gasteiger partial charge in [0.15, 0.2) is 11.4 Å². The van der Waals surface area contributed by atoms with Crippen LogP contribution in [0.3, 0.4) is 0 Å². The molecule has 7 heteroatoms. The van der Waals surface area contributed by atoms with Gasteiger partial charge in [0.2, 0.25) is 6.41 Å². The van der Waals surface area contributed by atoms with Crippen LogP contribution in [0.5, 0.6) is 0 Å². The Morgan fingerprint density at radius 3 is 2.26 bits per heavy atom. The Labute approximate surface area is 198 Å². The lowest BCUT2D eigenvalue weighted by molar-refractivity contribution is -0.105. The van der Waals surface area contributed by atoms with Gasteiger partial charge < -0.3 is 15.1 Å². The van der Waals surface area contributed by atoms with Crippen molar-refractivity contribution in [3.63, 3.8) is 0 Å². The number of fused-ring (bicyclic) bond motifs is 1. The zero-order chi connectivity index (χ0) is 23.7. The van der Waals surface area contributed by atoms with Crippen LogP contribution in [0.15, 0.2) is 67.0 Å². The van der Waals surface area contributed by atoms with E-state index in [1.54, 1.807) is 13.1 Å². The number of pyridine rings is 1. The van der Waals surface area contributed by atoms with Crippen LogP contribution >= 0.6 is 0 Å². The number of imidazole rings is 1. The number of Topliss-reactive ketones (excluding diaryl/α,β-unsaturated/α-hetero) is 1. The number of rotatable bonds is 6. The first-order valence-corrected chi connectivity index (χ1v) is 11.4. The van der Waals surface area contributed by atoms with Gasteiger partial charge in [-0.25, -0.2) is 4.98 Å². The van der Waals surface area contributed by atoms with Gasteiger partial charge in [0.05, 0.1) is 17.6 Å². The van der Waals surface area contributed by atoms with E-state index in [1.165, 1.54) is 5.69 Å². The predicted molar refractivity (Wildman–Crippen MR) is 135 cm³/mol. The molecule has 0 aliphatic carbocycles. The van der Waals surface area contributed by atoms with Crippen LogP contribution in [-0.4, -0.2) is 59.7 Å². The minimum absolute atomic E-state index is 0.0319. The smallest absolute Gasteiger partial charge is 0.211 e. The van der Waals surface area contributed by atoms with E-state index in [0.29, 0.717) is 23.3 Å². The molecule has 34 heavy (non-hydrogen) atoms. The zero-order valence-corrected chi connectivity index (χ0v) is 19.4. The molecule has 172 valence electrons. The molecule has 3 heterocycles. The third-order valence-corrected chi connectivity index (χ3v) is 6.48. The fourth-order valence-electron chi connectivity index (χ4n) is 4.43. The molecule has 0 spiro atoms. The summed E-state index contributed by atoms with van der Waals surface area (Å²) in [6.45, 7) is 5.74. The van der Waals surface area contributed by atoms with Crippen molar-refractivity contribution in [1.29, 1.82) is 0 Å². The van der Waals surface area contributed by atoms with Gasteiger partial charge in [-0.15, -0.1) is 0 Å². The summed E-state index contributed by atoms with van der Waals surface area (Å²) in [5, 5.41) is 2.80. The zero-order valence-electron chi connectivity index (χ0n) is 19.4. The summed E-state index contributed by atoms with van der Waals surface area (Å²) in [6, 6.07) is 18.0. The van der Waals surface area contributed by atoms with E-state index in [4.69, 9.17) is 0 Å². The number of nitrogens with zero attached hydrogens (tertiary/aromatic N) is 4. The lowest BCUT2D eigenvalue weighted by Crippen LogP contribution is -2.44. The number of nitrogens with one attached hydrogen (secondary N) is 1. The maximum absolute atomic E-state index is 11.6. The minimum Gasteiger partial charge on any atom is -0.369 e. The molecule has 2 aromatic carbocycles. The van der Waals surface area contributed by atoms with E-state index in [2.05, 4.69) is 51.4 Å². The summed E-state index contributed by atoms with van der Waals surface area (Å²) >= 11 is 0. The average molecular weight is 454 g/mol. The summed E-state index contributed by atoms with van der Waals surface area (Å²) < 4.78 is 1.98. The molecular weight excluding hydrogens is 426 g/mol. The number of hydrogen-bond donors (Lipinski definition) is 1. The number of benzene rings is 2. The fourth-order valence-corrected chi connectivity index (χ4v) is 4.43. The van der Waals surface area contributed by atoms with Crippen LogP contribution in [0.25, 0.3) is 28.0 Å². The van der Waals surface area contributed by atoms with Crippen LogP contribution in [-0.2, 0) is 4.79 Å². The molecule has 0 bridgehead atoms. The van der Waals surface area contributed by atoms with Gasteiger partial charge in [-0.05, 0) is 37.7 Å². The second-order valence-electron chi connectivity index (χ2n) is 8.71. The Kier molecular flexibility index (Phi) is 5.86. The molecule has 1 aliphatic heterocycles. The summed E-state index contributed by atoms with van der Waals surface area (Å²) in [5.74, 6) is 0.0319. The lowest BCUT2D eigenvalue weighted by atomic mass is 10.1. The number of aromatic nitrogens is 2. The maximum Gasteiger partial charge on any atom is 0.211 e. The number of amides is 1. The minimum atomic E-state index is 0.0319. The fraction of sp³-hybridized carbons (Fsp3) is 0.222. The Hall–Kier alpha value is -3.97. The molecule has 1 amide bonds.